The van der Waals surface area contributed by atoms with E-state index in [1.54, 1.807) is 30.3 Å². The van der Waals surface area contributed by atoms with Gasteiger partial charge in [-0.1, -0.05) is 54.6 Å². The number of hydrogen-bond acceptors (Lipinski definition) is 11. The third-order valence-corrected chi connectivity index (χ3v) is 11.7. The van der Waals surface area contributed by atoms with Crippen molar-refractivity contribution in [3.05, 3.63) is 137 Å². The number of amides is 4. The van der Waals surface area contributed by atoms with Gasteiger partial charge in [0.15, 0.2) is 0 Å². The minimum Gasteiger partial charge on any atom is -0.497 e. The van der Waals surface area contributed by atoms with Crippen LogP contribution in [0.15, 0.2) is 121 Å². The molecule has 0 bridgehead atoms. The van der Waals surface area contributed by atoms with Crippen LogP contribution in [0.3, 0.4) is 0 Å². The highest BCUT2D eigenvalue weighted by molar-refractivity contribution is 7.90. The predicted molar refractivity (Wildman–Crippen MR) is 215 cm³/mol. The second kappa shape index (κ2) is 16.6. The van der Waals surface area contributed by atoms with Crippen LogP contribution in [-0.4, -0.2) is 84.7 Å². The van der Waals surface area contributed by atoms with Crippen LogP contribution in [0.2, 0.25) is 0 Å². The van der Waals surface area contributed by atoms with Gasteiger partial charge in [0, 0.05) is 41.5 Å². The van der Waals surface area contributed by atoms with Crippen molar-refractivity contribution in [2.75, 3.05) is 20.2 Å². The summed E-state index contributed by atoms with van der Waals surface area (Å²) in [6, 6.07) is 24.6. The number of carbonyl (C=O) groups is 4. The summed E-state index contributed by atoms with van der Waals surface area (Å²) in [6.07, 6.45) is 0.479. The van der Waals surface area contributed by atoms with Crippen molar-refractivity contribution in [1.29, 1.82) is 0 Å². The van der Waals surface area contributed by atoms with Crippen LogP contribution < -0.4 is 24.8 Å². The number of nitro groups is 1. The Hall–Kier alpha value is -7.21. The number of nitro benzene ring substituents is 1. The van der Waals surface area contributed by atoms with E-state index in [1.165, 1.54) is 37.5 Å². The molecule has 1 aliphatic carbocycles. The first kappa shape index (κ1) is 41.0. The quantitative estimate of drug-likeness (QED) is 0.0814. The highest BCUT2D eigenvalue weighted by Crippen LogP contribution is 2.45. The smallest absolute Gasteiger partial charge is 0.272 e. The molecule has 1 aromatic heterocycles. The Morgan fingerprint density at radius 3 is 2.38 bits per heavy atom. The minimum absolute atomic E-state index is 0.0184. The van der Waals surface area contributed by atoms with E-state index >= 15 is 0 Å². The van der Waals surface area contributed by atoms with Gasteiger partial charge in [-0.05, 0) is 36.8 Å². The molecule has 4 amide bonds. The van der Waals surface area contributed by atoms with Gasteiger partial charge in [-0.2, -0.15) is 0 Å². The monoisotopic (exact) mass is 836 g/mol. The van der Waals surface area contributed by atoms with Crippen LogP contribution in [0.25, 0.3) is 22.2 Å². The van der Waals surface area contributed by atoms with Crippen LogP contribution in [0.1, 0.15) is 23.2 Å². The Morgan fingerprint density at radius 2 is 1.73 bits per heavy atom. The molecule has 1 aliphatic heterocycles. The molecule has 0 spiro atoms. The van der Waals surface area contributed by atoms with Gasteiger partial charge in [0.05, 0.1) is 52.9 Å². The lowest BCUT2D eigenvalue weighted by Gasteiger charge is -2.26. The molecule has 2 fully saturated rings. The van der Waals surface area contributed by atoms with E-state index in [-0.39, 0.29) is 24.3 Å². The Kier molecular flexibility index (Phi) is 11.3. The zero-order valence-corrected chi connectivity index (χ0v) is 32.7. The van der Waals surface area contributed by atoms with Gasteiger partial charge in [0.1, 0.15) is 35.0 Å². The molecule has 16 nitrogen and oxygen atoms in total. The molecule has 0 unspecified atom stereocenters. The summed E-state index contributed by atoms with van der Waals surface area (Å²) in [4.78, 5) is 70.9. The normalized spacial score (nSPS) is 19.5. The van der Waals surface area contributed by atoms with Gasteiger partial charge in [0.2, 0.25) is 11.8 Å². The van der Waals surface area contributed by atoms with Gasteiger partial charge in [-0.3, -0.25) is 29.3 Å². The average molecular weight is 837 g/mol. The van der Waals surface area contributed by atoms with Crippen LogP contribution in [-0.2, 0) is 24.4 Å². The molecule has 0 radical (unpaired) electrons. The summed E-state index contributed by atoms with van der Waals surface area (Å²) < 4.78 is 54.9. The molecule has 2 aliphatic rings. The summed E-state index contributed by atoms with van der Waals surface area (Å²) in [5.74, 6) is -4.56. The van der Waals surface area contributed by atoms with Crippen molar-refractivity contribution < 1.29 is 46.4 Å². The van der Waals surface area contributed by atoms with E-state index in [1.807, 2.05) is 30.3 Å². The molecule has 4 atom stereocenters. The van der Waals surface area contributed by atoms with Crippen LogP contribution >= 0.6 is 0 Å². The van der Waals surface area contributed by atoms with E-state index < -0.39 is 85.8 Å². The minimum atomic E-state index is -4.33. The number of fused-ring (bicyclic) bond motifs is 1. The number of aromatic nitrogens is 1. The van der Waals surface area contributed by atoms with Gasteiger partial charge in [-0.25, -0.2) is 22.5 Å². The molecular weight excluding hydrogens is 800 g/mol. The zero-order valence-electron chi connectivity index (χ0n) is 31.9. The number of carbonyl (C=O) groups excluding carboxylic acids is 4. The third kappa shape index (κ3) is 8.35. The maximum Gasteiger partial charge on any atom is 0.272 e. The third-order valence-electron chi connectivity index (χ3n) is 10.4. The molecule has 308 valence electrons. The summed E-state index contributed by atoms with van der Waals surface area (Å²) in [5.41, 5.74) is -0.964. The summed E-state index contributed by atoms with van der Waals surface area (Å²) in [5, 5.41) is 16.7. The van der Waals surface area contributed by atoms with Crippen LogP contribution in [0, 0.1) is 21.8 Å². The van der Waals surface area contributed by atoms with Crippen LogP contribution in [0.5, 0.6) is 11.5 Å². The molecule has 7 rings (SSSR count). The largest absolute Gasteiger partial charge is 0.497 e. The van der Waals surface area contributed by atoms with Gasteiger partial charge < -0.3 is 25.0 Å². The molecule has 18 heteroatoms. The Bertz CT molecular complexity index is 2650. The maximum absolute atomic E-state index is 14.7. The first-order chi connectivity index (χ1) is 28.7. The molecule has 1 saturated carbocycles. The fraction of sp³-hybridized carbons (Fsp3) is 0.214. The number of rotatable bonds is 14. The van der Waals surface area contributed by atoms with E-state index in [0.717, 1.165) is 22.6 Å². The molecule has 3 N–H and O–H groups in total. The highest BCUT2D eigenvalue weighted by Gasteiger charge is 2.61. The Morgan fingerprint density at radius 1 is 1.02 bits per heavy atom. The molecule has 5 aromatic rings. The lowest BCUT2D eigenvalue weighted by molar-refractivity contribution is -0.385. The van der Waals surface area contributed by atoms with E-state index in [0.29, 0.717) is 34.2 Å². The summed E-state index contributed by atoms with van der Waals surface area (Å²) in [7, 11) is -2.81. The number of non-ortho nitro benzene ring substituents is 1. The molecular formula is C42H37FN6O10S. The number of hydrogen-bond donors (Lipinski definition) is 3. The van der Waals surface area contributed by atoms with Gasteiger partial charge in [0.25, 0.3) is 27.5 Å². The van der Waals surface area contributed by atoms with E-state index in [9.17, 15) is 42.1 Å². The lowest BCUT2D eigenvalue weighted by atomic mass is 10.1. The molecule has 1 saturated heterocycles. The lowest BCUT2D eigenvalue weighted by Crippen LogP contribution is -2.57. The number of likely N-dealkylation sites (tertiary alicyclic amines) is 1. The number of halogens is 1. The van der Waals surface area contributed by atoms with Gasteiger partial charge >= 0.3 is 0 Å². The summed E-state index contributed by atoms with van der Waals surface area (Å²) in [6.45, 7) is 2.82. The first-order valence-electron chi connectivity index (χ1n) is 18.5. The second-order valence-corrected chi connectivity index (χ2v) is 15.8. The van der Waals surface area contributed by atoms with Crippen molar-refractivity contribution in [2.45, 2.75) is 35.4 Å². The van der Waals surface area contributed by atoms with Crippen LogP contribution in [0.4, 0.5) is 10.1 Å². The van der Waals surface area contributed by atoms with Crippen molar-refractivity contribution >= 4 is 50.2 Å². The molecule has 4 aromatic carbocycles. The van der Waals surface area contributed by atoms with Crippen molar-refractivity contribution in [3.8, 4) is 22.8 Å². The number of benzene rings is 4. The second-order valence-electron chi connectivity index (χ2n) is 14.2. The number of sulfonamides is 1. The topological polar surface area (TPSA) is 216 Å². The SMILES string of the molecule is C=C[C@@H]1C[C@]1(NC(=O)[C@@H]1C[C@@H](Oc2cc(-c3ccccc3)nc3cc(OC)ccc23)CN1C(=O)CNC(=O)c1ccc([N+](=O)[O-])cc1F)C(=O)NS(=O)(=O)c1ccccc1. The van der Waals surface area contributed by atoms with Crippen molar-refractivity contribution in [3.63, 3.8) is 0 Å². The zero-order chi connectivity index (χ0) is 42.8. The van der Waals surface area contributed by atoms with Gasteiger partial charge in [-0.15, -0.1) is 6.58 Å². The fourth-order valence-corrected chi connectivity index (χ4v) is 8.17. The standard InChI is InChI=1S/C42H37FN6O10S/c1-3-26-22-42(26,41(53)47-60(56,57)30-12-8-5-9-13-30)46-40(52)36-20-29(24-48(36)38(50)23-44-39(51)31-16-14-27(49(54)55)18-33(31)43)59-37-21-34(25-10-6-4-7-11-25)45-35-19-28(58-2)15-17-32(35)37/h3-19,21,26,29,36H,1,20,22-24H2,2H3,(H,44,51)(H,46,52)(H,47,53)/t26-,29-,36+,42-/m1/s1. The summed E-state index contributed by atoms with van der Waals surface area (Å²) >= 11 is 0. The van der Waals surface area contributed by atoms with Crippen molar-refractivity contribution in [2.24, 2.45) is 5.92 Å². The molecule has 60 heavy (non-hydrogen) atoms. The first-order valence-corrected chi connectivity index (χ1v) is 20.0. The number of nitrogens with zero attached hydrogens (tertiary/aromatic N) is 3. The van der Waals surface area contributed by atoms with Crippen molar-refractivity contribution in [1.82, 2.24) is 25.2 Å². The predicted octanol–water partition coefficient (Wildman–Crippen LogP) is 4.30. The van der Waals surface area contributed by atoms with E-state index in [2.05, 4.69) is 21.9 Å². The van der Waals surface area contributed by atoms with E-state index in [4.69, 9.17) is 14.5 Å². The number of methoxy groups -OCH3 is 1. The highest BCUT2D eigenvalue weighted by atomic mass is 32.2. The number of ether oxygens (including phenoxy) is 2. The fourth-order valence-electron chi connectivity index (χ4n) is 7.11. The number of pyridine rings is 1. The maximum atomic E-state index is 14.7. The Balaban J connectivity index is 1.17. The number of nitrogens with one attached hydrogen (secondary N) is 3. The molecule has 2 heterocycles. The average Bonchev–Trinajstić information content (AvgIpc) is 3.81. The Labute approximate surface area is 342 Å².